The summed E-state index contributed by atoms with van der Waals surface area (Å²) in [6.45, 7) is -0.534. The van der Waals surface area contributed by atoms with Crippen LogP contribution in [0.25, 0.3) is 0 Å². The van der Waals surface area contributed by atoms with Gasteiger partial charge in [0.2, 0.25) is 6.29 Å². The van der Waals surface area contributed by atoms with Crippen molar-refractivity contribution in [2.24, 2.45) is 0 Å². The fourth-order valence-electron chi connectivity index (χ4n) is 1.81. The van der Waals surface area contributed by atoms with Crippen molar-refractivity contribution in [2.45, 2.75) is 30.7 Å². The zero-order valence-corrected chi connectivity index (χ0v) is 9.89. The Hall–Kier alpha value is -1.25. The van der Waals surface area contributed by atoms with E-state index in [9.17, 15) is 19.7 Å². The summed E-state index contributed by atoms with van der Waals surface area (Å²) in [6, 6.07) is 4.99. The normalized spacial score (nSPS) is 35.1. The van der Waals surface area contributed by atoms with E-state index >= 15 is 0 Å². The van der Waals surface area contributed by atoms with Crippen molar-refractivity contribution < 1.29 is 34.3 Å². The first-order chi connectivity index (χ1) is 9.02. The molecule has 7 heteroatoms. The van der Waals surface area contributed by atoms with E-state index in [2.05, 4.69) is 0 Å². The van der Waals surface area contributed by atoms with Crippen LogP contribution in [0.1, 0.15) is 0 Å². The molecule has 6 nitrogen and oxygen atoms in total. The maximum atomic E-state index is 12.7. The predicted molar refractivity (Wildman–Crippen MR) is 60.8 cm³/mol. The molecule has 1 aromatic carbocycles. The van der Waals surface area contributed by atoms with Crippen molar-refractivity contribution in [1.82, 2.24) is 0 Å². The van der Waals surface area contributed by atoms with Crippen molar-refractivity contribution in [3.05, 3.63) is 30.1 Å². The van der Waals surface area contributed by atoms with E-state index in [4.69, 9.17) is 14.6 Å². The Morgan fingerprint density at radius 2 is 1.68 bits per heavy atom. The molecule has 1 saturated heterocycles. The minimum Gasteiger partial charge on any atom is -0.462 e. The summed E-state index contributed by atoms with van der Waals surface area (Å²) in [6.07, 6.45) is -6.72. The van der Waals surface area contributed by atoms with E-state index in [0.29, 0.717) is 0 Å². The maximum Gasteiger partial charge on any atom is 0.229 e. The lowest BCUT2D eigenvalue weighted by Crippen LogP contribution is -2.60. The number of benzene rings is 1. The molecule has 2 rings (SSSR count). The quantitative estimate of drug-likeness (QED) is 0.564. The summed E-state index contributed by atoms with van der Waals surface area (Å²) in [5.41, 5.74) is 0. The smallest absolute Gasteiger partial charge is 0.229 e. The third kappa shape index (κ3) is 3.02. The molecule has 0 aliphatic carbocycles. The van der Waals surface area contributed by atoms with Crippen LogP contribution in [0.3, 0.4) is 0 Å². The van der Waals surface area contributed by atoms with Gasteiger partial charge < -0.3 is 29.9 Å². The van der Waals surface area contributed by atoms with Crippen molar-refractivity contribution in [1.29, 1.82) is 0 Å². The number of aliphatic hydroxyl groups excluding tert-OH is 4. The molecule has 3 unspecified atom stereocenters. The number of halogens is 1. The van der Waals surface area contributed by atoms with Gasteiger partial charge in [-0.3, -0.25) is 0 Å². The van der Waals surface area contributed by atoms with Crippen molar-refractivity contribution >= 4 is 0 Å². The highest BCUT2D eigenvalue weighted by Crippen LogP contribution is 2.24. The van der Waals surface area contributed by atoms with Gasteiger partial charge in [0.05, 0.1) is 6.61 Å². The summed E-state index contributed by atoms with van der Waals surface area (Å²) in [5, 5.41) is 37.9. The predicted octanol–water partition coefficient (Wildman–Crippen LogP) is -0.996. The van der Waals surface area contributed by atoms with E-state index < -0.39 is 43.1 Å². The van der Waals surface area contributed by atoms with Crippen LogP contribution in [0.15, 0.2) is 24.3 Å². The van der Waals surface area contributed by atoms with Gasteiger partial charge in [-0.25, -0.2) is 4.39 Å². The molecule has 1 heterocycles. The Morgan fingerprint density at radius 3 is 2.26 bits per heavy atom. The fourth-order valence-corrected chi connectivity index (χ4v) is 1.81. The van der Waals surface area contributed by atoms with Crippen LogP contribution in [-0.4, -0.2) is 57.7 Å². The Balaban J connectivity index is 2.08. The first-order valence-corrected chi connectivity index (χ1v) is 5.75. The Labute approximate surface area is 108 Å². The molecule has 1 aliphatic rings. The number of hydrogen-bond acceptors (Lipinski definition) is 6. The number of rotatable bonds is 3. The lowest BCUT2D eigenvalue weighted by atomic mass is 9.99. The molecule has 0 radical (unpaired) electrons. The largest absolute Gasteiger partial charge is 0.462 e. The molecule has 0 amide bonds. The van der Waals surface area contributed by atoms with Gasteiger partial charge in [0.1, 0.15) is 36.0 Å². The van der Waals surface area contributed by atoms with E-state index in [-0.39, 0.29) is 5.75 Å². The Kier molecular flexibility index (Phi) is 4.33. The Bertz CT molecular complexity index is 409. The average Bonchev–Trinajstić information content (AvgIpc) is 2.42. The lowest BCUT2D eigenvalue weighted by molar-refractivity contribution is -0.277. The molecule has 0 aromatic heterocycles. The average molecular weight is 274 g/mol. The molecular weight excluding hydrogens is 259 g/mol. The van der Waals surface area contributed by atoms with E-state index in [1.807, 2.05) is 0 Å². The van der Waals surface area contributed by atoms with E-state index in [1.54, 1.807) is 0 Å². The first-order valence-electron chi connectivity index (χ1n) is 5.75. The number of hydrogen-bond donors (Lipinski definition) is 4. The monoisotopic (exact) mass is 274 g/mol. The van der Waals surface area contributed by atoms with E-state index in [0.717, 1.165) is 0 Å². The molecule has 0 bridgehead atoms. The topological polar surface area (TPSA) is 99.4 Å². The summed E-state index contributed by atoms with van der Waals surface area (Å²) < 4.78 is 23.1. The third-order valence-corrected chi connectivity index (χ3v) is 2.91. The molecular formula is C12H15FO6. The second kappa shape index (κ2) is 5.81. The van der Waals surface area contributed by atoms with Crippen molar-refractivity contribution in [3.8, 4) is 5.75 Å². The van der Waals surface area contributed by atoms with Crippen LogP contribution in [0.4, 0.5) is 4.39 Å². The molecule has 4 N–H and O–H groups in total. The lowest BCUT2D eigenvalue weighted by Gasteiger charge is -2.39. The molecule has 1 aromatic rings. The highest BCUT2D eigenvalue weighted by atomic mass is 19.1. The summed E-state index contributed by atoms with van der Waals surface area (Å²) >= 11 is 0. The Morgan fingerprint density at radius 1 is 1.05 bits per heavy atom. The van der Waals surface area contributed by atoms with Crippen LogP contribution in [0, 0.1) is 5.82 Å². The summed E-state index contributed by atoms with van der Waals surface area (Å²) in [7, 11) is 0. The standard InChI is InChI=1S/C12H15FO6/c13-6-1-3-7(4-2-6)18-12-11(17)10(16)9(15)8(5-14)19-12/h1-4,8-12,14-17H,5H2/t8?,9-,10?,11?,12-/m1/s1. The minimum absolute atomic E-state index is 0.228. The van der Waals surface area contributed by atoms with Gasteiger partial charge in [-0.1, -0.05) is 0 Å². The molecule has 0 spiro atoms. The second-order valence-corrected chi connectivity index (χ2v) is 4.27. The third-order valence-electron chi connectivity index (χ3n) is 2.91. The van der Waals surface area contributed by atoms with Gasteiger partial charge in [-0.2, -0.15) is 0 Å². The molecule has 1 fully saturated rings. The fraction of sp³-hybridized carbons (Fsp3) is 0.500. The van der Waals surface area contributed by atoms with Gasteiger partial charge in [-0.15, -0.1) is 0 Å². The highest BCUT2D eigenvalue weighted by Gasteiger charge is 2.44. The van der Waals surface area contributed by atoms with Gasteiger partial charge in [0.15, 0.2) is 0 Å². The summed E-state index contributed by atoms with van der Waals surface area (Å²) in [5.74, 6) is -0.216. The van der Waals surface area contributed by atoms with Crippen LogP contribution in [0.2, 0.25) is 0 Å². The molecule has 1 aliphatic heterocycles. The van der Waals surface area contributed by atoms with Gasteiger partial charge >= 0.3 is 0 Å². The first kappa shape index (κ1) is 14.2. The van der Waals surface area contributed by atoms with E-state index in [1.165, 1.54) is 24.3 Å². The molecule has 19 heavy (non-hydrogen) atoms. The van der Waals surface area contributed by atoms with Gasteiger partial charge in [-0.05, 0) is 24.3 Å². The zero-order chi connectivity index (χ0) is 14.0. The second-order valence-electron chi connectivity index (χ2n) is 4.27. The van der Waals surface area contributed by atoms with Crippen LogP contribution in [0.5, 0.6) is 5.75 Å². The number of aliphatic hydroxyl groups is 4. The number of ether oxygens (including phenoxy) is 2. The highest BCUT2D eigenvalue weighted by molar-refractivity contribution is 5.22. The van der Waals surface area contributed by atoms with Crippen LogP contribution in [-0.2, 0) is 4.74 Å². The van der Waals surface area contributed by atoms with Gasteiger partial charge in [0.25, 0.3) is 0 Å². The summed E-state index contributed by atoms with van der Waals surface area (Å²) in [4.78, 5) is 0. The van der Waals surface area contributed by atoms with Crippen LogP contribution >= 0.6 is 0 Å². The minimum atomic E-state index is -1.50. The molecule has 0 saturated carbocycles. The van der Waals surface area contributed by atoms with Crippen molar-refractivity contribution in [2.75, 3.05) is 6.61 Å². The van der Waals surface area contributed by atoms with Crippen LogP contribution < -0.4 is 4.74 Å². The SMILES string of the molecule is OCC1O[C@@H](Oc2ccc(F)cc2)C(O)C(O)[C@@H]1O. The maximum absolute atomic E-state index is 12.7. The molecule has 5 atom stereocenters. The van der Waals surface area contributed by atoms with Gasteiger partial charge in [0, 0.05) is 0 Å². The van der Waals surface area contributed by atoms with Crippen molar-refractivity contribution in [3.63, 3.8) is 0 Å². The molecule has 106 valence electrons. The zero-order valence-electron chi connectivity index (χ0n) is 9.89.